The highest BCUT2D eigenvalue weighted by Gasteiger charge is 2.61. The van der Waals surface area contributed by atoms with Crippen molar-refractivity contribution in [2.75, 3.05) is 80.2 Å². The standard InChI is InChI=1S/2C36H50N4O5.C31H40N2O6.C5H12N2.CH4/c2*1-21-29-16-27(36(29,3)4)17-30(21)38-35(44)33-32(22(2)42)31(20-41)45-40(33)18-23-7-6-8-26(15-23)24-9-11-25(12-10-24)34(43)37-28-13-14-39(5)19-28;1-17-24-13-23(31(24,3)4)14-25(17)32-29(36)28-27(18(2)35)26(16-34)39-33(28)15-19-6-5-7-22(12-19)20-8-10-21(11-9-20)30(37)38;1-7-3-2-5(6)4-7;/h2*6-12,15,21-22,27-33,41-42H,13-14,16-20H2,1-5H3,(H,37,43)(H,38,44);5-12,17-18,23-28,34-35H,13-16H2,1-4H3,(H,32,36)(H,37,38);5H,2-4,6H2,1H3;1H4/t2*21-,22-,27+,28+,29-,30?,31-,32+,33-;17-,18-,23+,24-,25?,26-,27+,28-;5-;/m0001./s1. The van der Waals surface area contributed by atoms with E-state index < -0.39 is 78.5 Å². The van der Waals surface area contributed by atoms with Gasteiger partial charge in [0.05, 0.1) is 63.3 Å². The number of fused-ring (bicyclic) bond motifs is 6. The highest BCUT2D eigenvalue weighted by molar-refractivity contribution is 5.96. The Labute approximate surface area is 811 Å². The Morgan fingerprint density at radius 1 is 0.401 bits per heavy atom. The monoisotopic (exact) mass is 1890 g/mol. The first kappa shape index (κ1) is 104. The second-order valence-electron chi connectivity index (χ2n) is 44.1. The van der Waals surface area contributed by atoms with E-state index in [1.165, 1.54) is 32.2 Å². The van der Waals surface area contributed by atoms with Gasteiger partial charge in [-0.3, -0.25) is 38.5 Å². The third kappa shape index (κ3) is 22.8. The number of nitrogens with two attached hydrogens (primary N) is 1. The molecule has 9 saturated carbocycles. The summed E-state index contributed by atoms with van der Waals surface area (Å²) in [7, 11) is 6.24. The van der Waals surface area contributed by atoms with E-state index in [2.05, 4.69) is 137 Å². The van der Waals surface area contributed by atoms with E-state index >= 15 is 0 Å². The number of likely N-dealkylation sites (tertiary alicyclic amines) is 3. The SMILES string of the molecule is C.CN1CC[C@@H](N)C1.C[C@H](O)[C@@H]1[C@H](CO)ON(Cc2cccc(-c3ccc(C(=O)N[C@@H]4CCN(C)C4)cc3)c2)[C@@H]1C(=O)NC1C[C@H]2C[C@@H]([C@@H]1C)C2(C)C.C[C@H](O)[C@@H]1[C@H](CO)ON(Cc2cccc(-c3ccc(C(=O)N[C@@H]4CCN(C)C4)cc3)c2)[C@@H]1C(=O)NC1C[C@H]2C[C@@H]([C@@H]1C)C2(C)C.C[C@H](O)[C@@H]1[C@H](CO)ON(Cc2cccc(-c3ccc(C(=O)O)cc3)c2)[C@@H]1C(=O)NC1C[C@H]2C[C@@H]([C@@H]1C)C2(C)C. The average Bonchev–Trinajstić information content (AvgIpc) is 1.30. The predicted molar refractivity (Wildman–Crippen MR) is 529 cm³/mol. The highest BCUT2D eigenvalue weighted by Crippen LogP contribution is 2.64. The molecule has 28 nitrogen and oxygen atoms in total. The van der Waals surface area contributed by atoms with Gasteiger partial charge in [0.2, 0.25) is 17.7 Å². The fourth-order valence-corrected chi connectivity index (χ4v) is 25.6. The summed E-state index contributed by atoms with van der Waals surface area (Å²) >= 11 is 0. The number of aliphatic hydroxyl groups excluding tert-OH is 6. The normalized spacial score (nSPS) is 32.9. The number of nitrogens with zero attached hydrogens (tertiary/aromatic N) is 6. The van der Waals surface area contributed by atoms with Crippen LogP contribution < -0.4 is 32.3 Å². The summed E-state index contributed by atoms with van der Waals surface area (Å²) in [6, 6.07) is 44.7. The van der Waals surface area contributed by atoms with Crippen LogP contribution in [0.25, 0.3) is 33.4 Å². The van der Waals surface area contributed by atoms with Crippen molar-refractivity contribution in [1.29, 1.82) is 0 Å². The van der Waals surface area contributed by atoms with Crippen LogP contribution in [-0.2, 0) is 48.5 Å². The van der Waals surface area contributed by atoms with Gasteiger partial charge in [0.25, 0.3) is 11.8 Å². The number of hydroxylamine groups is 6. The van der Waals surface area contributed by atoms with Gasteiger partial charge in [-0.05, 0) is 294 Å². The number of nitrogens with one attached hydrogen (secondary N) is 5. The molecule has 137 heavy (non-hydrogen) atoms. The van der Waals surface area contributed by atoms with Crippen molar-refractivity contribution >= 4 is 35.5 Å². The van der Waals surface area contributed by atoms with Crippen LogP contribution in [0.2, 0.25) is 0 Å². The summed E-state index contributed by atoms with van der Waals surface area (Å²) in [4.78, 5) is 104. The zero-order valence-electron chi connectivity index (χ0n) is 82.4. The van der Waals surface area contributed by atoms with Crippen molar-refractivity contribution < 1.29 is 79.0 Å². The maximum atomic E-state index is 14.0. The smallest absolute Gasteiger partial charge is 0.335 e. The van der Waals surface area contributed by atoms with Crippen molar-refractivity contribution in [1.82, 2.24) is 56.5 Å². The molecule has 6 aliphatic heterocycles. The van der Waals surface area contributed by atoms with E-state index in [1.807, 2.05) is 109 Å². The Kier molecular flexibility index (Phi) is 33.5. The Balaban J connectivity index is 0.000000158. The molecular formula is C109H156N12O16. The number of carboxylic acid groups (broad SMARTS) is 1. The van der Waals surface area contributed by atoms with Gasteiger partial charge in [0, 0.05) is 84.8 Å². The van der Waals surface area contributed by atoms with Crippen molar-refractivity contribution in [3.63, 3.8) is 0 Å². The zero-order valence-corrected chi connectivity index (χ0v) is 82.4. The second-order valence-corrected chi connectivity index (χ2v) is 44.1. The lowest BCUT2D eigenvalue weighted by atomic mass is 9.45. The summed E-state index contributed by atoms with van der Waals surface area (Å²) in [6.45, 7) is 31.8. The average molecular weight is 1890 g/mol. The first-order valence-corrected chi connectivity index (χ1v) is 50.0. The molecule has 0 spiro atoms. The molecule has 6 aromatic rings. The molecular weight excluding hydrogens is 1730 g/mol. The molecule has 6 bridgehead atoms. The topological polar surface area (TPSA) is 377 Å². The summed E-state index contributed by atoms with van der Waals surface area (Å²) in [5, 5.41) is 92.9. The quantitative estimate of drug-likeness (QED) is 0.0240. The molecule has 748 valence electrons. The molecule has 14 N–H and O–H groups in total. The largest absolute Gasteiger partial charge is 0.478 e. The minimum atomic E-state index is -0.972. The van der Waals surface area contributed by atoms with Crippen LogP contribution in [0.3, 0.4) is 0 Å². The summed E-state index contributed by atoms with van der Waals surface area (Å²) in [5.74, 6) is 1.45. The fraction of sp³-hybridized carbons (Fsp3) is 0.615. The number of hydrogen-bond donors (Lipinski definition) is 13. The number of aromatic carboxylic acids is 1. The van der Waals surface area contributed by atoms with Gasteiger partial charge in [0.1, 0.15) is 36.4 Å². The number of rotatable bonds is 26. The third-order valence-corrected chi connectivity index (χ3v) is 34.3. The van der Waals surface area contributed by atoms with Gasteiger partial charge in [-0.1, -0.05) is 161 Å². The minimum Gasteiger partial charge on any atom is -0.478 e. The van der Waals surface area contributed by atoms with Crippen LogP contribution in [0.5, 0.6) is 0 Å². The van der Waals surface area contributed by atoms with Crippen molar-refractivity contribution in [3.05, 3.63) is 179 Å². The van der Waals surface area contributed by atoms with E-state index in [1.54, 1.807) is 60.2 Å². The van der Waals surface area contributed by atoms with Crippen molar-refractivity contribution in [2.45, 2.75) is 259 Å². The fourth-order valence-electron chi connectivity index (χ4n) is 25.6. The Hall–Kier alpha value is -8.50. The summed E-state index contributed by atoms with van der Waals surface area (Å²) in [6.07, 6.45) is 5.10. The maximum absolute atomic E-state index is 14.0. The number of likely N-dealkylation sites (N-methyl/N-ethyl adjacent to an activating group) is 3. The number of aliphatic hydroxyl groups is 6. The van der Waals surface area contributed by atoms with Gasteiger partial charge in [0.15, 0.2) is 0 Å². The van der Waals surface area contributed by atoms with Gasteiger partial charge >= 0.3 is 5.97 Å². The van der Waals surface area contributed by atoms with Crippen LogP contribution in [0.1, 0.15) is 196 Å². The lowest BCUT2D eigenvalue weighted by molar-refractivity contribution is -0.183. The molecule has 15 aliphatic rings. The molecule has 28 heteroatoms. The van der Waals surface area contributed by atoms with E-state index in [0.29, 0.717) is 99.8 Å². The molecule has 0 aromatic heterocycles. The van der Waals surface area contributed by atoms with E-state index in [4.69, 9.17) is 20.2 Å². The van der Waals surface area contributed by atoms with Crippen LogP contribution in [0.15, 0.2) is 146 Å². The van der Waals surface area contributed by atoms with Gasteiger partial charge in [-0.25, -0.2) is 4.79 Å². The second kappa shape index (κ2) is 43.9. The number of benzene rings is 6. The van der Waals surface area contributed by atoms with Gasteiger partial charge < -0.3 is 82.8 Å². The van der Waals surface area contributed by atoms with Gasteiger partial charge in [-0.15, -0.1) is 0 Å². The first-order valence-electron chi connectivity index (χ1n) is 50.0. The lowest BCUT2D eigenvalue weighted by Crippen LogP contribution is -2.62. The van der Waals surface area contributed by atoms with Crippen molar-refractivity contribution in [2.24, 2.45) is 93.0 Å². The van der Waals surface area contributed by atoms with E-state index in [0.717, 1.165) is 115 Å². The highest BCUT2D eigenvalue weighted by atomic mass is 16.7. The maximum Gasteiger partial charge on any atom is 0.335 e. The van der Waals surface area contributed by atoms with Crippen LogP contribution in [0.4, 0.5) is 0 Å². The van der Waals surface area contributed by atoms with Gasteiger partial charge in [-0.2, -0.15) is 15.2 Å². The number of carboxylic acids is 1. The van der Waals surface area contributed by atoms with Crippen LogP contribution in [0, 0.1) is 87.3 Å². The summed E-state index contributed by atoms with van der Waals surface area (Å²) < 4.78 is 0. The lowest BCUT2D eigenvalue weighted by Gasteiger charge is -2.62. The third-order valence-electron chi connectivity index (χ3n) is 34.3. The molecule has 9 aliphatic carbocycles. The molecule has 0 radical (unpaired) electrons. The van der Waals surface area contributed by atoms with Crippen LogP contribution in [-0.4, -0.2) is 272 Å². The molecule has 21 rings (SSSR count). The number of carbonyl (C=O) groups is 6. The van der Waals surface area contributed by atoms with E-state index in [-0.39, 0.29) is 99.1 Å². The molecule has 5 amide bonds. The molecule has 27 atom stereocenters. The molecule has 6 heterocycles. The number of hydrogen-bond acceptors (Lipinski definition) is 22. The molecule has 6 saturated heterocycles. The zero-order chi connectivity index (χ0) is 97.4. The number of amides is 5. The first-order chi connectivity index (χ1) is 64.7. The number of carbonyl (C=O) groups excluding carboxylic acids is 5. The molecule has 6 aromatic carbocycles. The molecule has 3 unspecified atom stereocenters. The molecule has 15 fully saturated rings. The predicted octanol–water partition coefficient (Wildman–Crippen LogP) is 10.9. The Bertz CT molecular complexity index is 4900. The minimum absolute atomic E-state index is 0. The summed E-state index contributed by atoms with van der Waals surface area (Å²) in [5.41, 5.74) is 16.5. The Morgan fingerprint density at radius 3 is 0.912 bits per heavy atom. The van der Waals surface area contributed by atoms with E-state index in [9.17, 15) is 64.5 Å². The Morgan fingerprint density at radius 2 is 0.686 bits per heavy atom. The van der Waals surface area contributed by atoms with Crippen LogP contribution >= 0.6 is 0 Å². The van der Waals surface area contributed by atoms with Crippen molar-refractivity contribution in [3.8, 4) is 33.4 Å².